The highest BCUT2D eigenvalue weighted by molar-refractivity contribution is 5.37. The lowest BCUT2D eigenvalue weighted by Gasteiger charge is -2.24. The zero-order valence-electron chi connectivity index (χ0n) is 10.1. The van der Waals surface area contributed by atoms with Crippen molar-refractivity contribution in [1.82, 2.24) is 0 Å². The highest BCUT2D eigenvalue weighted by Gasteiger charge is 2.24. The van der Waals surface area contributed by atoms with Crippen molar-refractivity contribution in [1.29, 1.82) is 0 Å². The summed E-state index contributed by atoms with van der Waals surface area (Å²) in [4.78, 5) is 0. The van der Waals surface area contributed by atoms with E-state index < -0.39 is 5.60 Å². The molecule has 1 aromatic carbocycles. The Labute approximate surface area is 97.2 Å². The van der Waals surface area contributed by atoms with E-state index in [4.69, 9.17) is 10.5 Å². The Hall–Kier alpha value is -1.06. The molecule has 3 nitrogen and oxygen atoms in total. The summed E-state index contributed by atoms with van der Waals surface area (Å²) in [6.07, 6.45) is 2.11. The number of rotatable bonds is 6. The third kappa shape index (κ3) is 3.22. The Kier molecular flexibility index (Phi) is 4.77. The normalized spacial score (nSPS) is 14.5. The summed E-state index contributed by atoms with van der Waals surface area (Å²) < 4.78 is 5.65. The van der Waals surface area contributed by atoms with Crippen molar-refractivity contribution in [2.75, 3.05) is 13.2 Å². The van der Waals surface area contributed by atoms with E-state index in [0.717, 1.165) is 24.2 Å². The van der Waals surface area contributed by atoms with Gasteiger partial charge in [0.15, 0.2) is 0 Å². The number of aliphatic hydroxyl groups is 1. The fourth-order valence-corrected chi connectivity index (χ4v) is 1.47. The largest absolute Gasteiger partial charge is 0.493 e. The Morgan fingerprint density at radius 1 is 1.38 bits per heavy atom. The lowest BCUT2D eigenvalue weighted by atomic mass is 9.95. The summed E-state index contributed by atoms with van der Waals surface area (Å²) >= 11 is 0. The van der Waals surface area contributed by atoms with Gasteiger partial charge in [-0.15, -0.1) is 0 Å². The van der Waals surface area contributed by atoms with Crippen LogP contribution in [0.25, 0.3) is 0 Å². The second kappa shape index (κ2) is 5.87. The number of nitrogens with two attached hydrogens (primary N) is 1. The standard InChI is InChI=1S/C13H21NO2/c1-3-4-9-16-12-8-6-5-7-11(12)13(2,15)10-14/h5-8,15H,3-4,9-10,14H2,1-2H3. The first kappa shape index (κ1) is 13.0. The monoisotopic (exact) mass is 223 g/mol. The van der Waals surface area contributed by atoms with Crippen molar-refractivity contribution in [3.63, 3.8) is 0 Å². The summed E-state index contributed by atoms with van der Waals surface area (Å²) in [7, 11) is 0. The molecule has 1 unspecified atom stereocenters. The second-order valence-corrected chi connectivity index (χ2v) is 4.18. The first-order valence-corrected chi connectivity index (χ1v) is 5.76. The SMILES string of the molecule is CCCCOc1ccccc1C(C)(O)CN. The van der Waals surface area contributed by atoms with Crippen LogP contribution in [0, 0.1) is 0 Å². The lowest BCUT2D eigenvalue weighted by Crippen LogP contribution is -2.31. The van der Waals surface area contributed by atoms with Crippen molar-refractivity contribution >= 4 is 0 Å². The van der Waals surface area contributed by atoms with Gasteiger partial charge in [0.05, 0.1) is 6.61 Å². The molecule has 0 aliphatic heterocycles. The maximum atomic E-state index is 10.1. The van der Waals surface area contributed by atoms with Gasteiger partial charge in [0.25, 0.3) is 0 Å². The van der Waals surface area contributed by atoms with Crippen LogP contribution in [-0.4, -0.2) is 18.3 Å². The average Bonchev–Trinajstić information content (AvgIpc) is 2.30. The molecule has 1 aromatic rings. The molecule has 0 saturated heterocycles. The van der Waals surface area contributed by atoms with Gasteiger partial charge in [-0.2, -0.15) is 0 Å². The van der Waals surface area contributed by atoms with Crippen LogP contribution >= 0.6 is 0 Å². The van der Waals surface area contributed by atoms with E-state index in [1.54, 1.807) is 6.92 Å². The number of hydrogen-bond acceptors (Lipinski definition) is 3. The molecule has 0 spiro atoms. The molecule has 0 heterocycles. The van der Waals surface area contributed by atoms with Crippen molar-refractivity contribution in [3.8, 4) is 5.75 Å². The van der Waals surface area contributed by atoms with Gasteiger partial charge in [-0.3, -0.25) is 0 Å². The van der Waals surface area contributed by atoms with Crippen LogP contribution < -0.4 is 10.5 Å². The molecule has 1 atom stereocenters. The van der Waals surface area contributed by atoms with Gasteiger partial charge in [0, 0.05) is 12.1 Å². The molecule has 90 valence electrons. The van der Waals surface area contributed by atoms with E-state index in [-0.39, 0.29) is 6.54 Å². The van der Waals surface area contributed by atoms with Gasteiger partial charge in [-0.05, 0) is 19.4 Å². The molecular formula is C13H21NO2. The maximum absolute atomic E-state index is 10.1. The average molecular weight is 223 g/mol. The molecular weight excluding hydrogens is 202 g/mol. The minimum Gasteiger partial charge on any atom is -0.493 e. The van der Waals surface area contributed by atoms with Crippen LogP contribution in [0.5, 0.6) is 5.75 Å². The molecule has 0 aliphatic rings. The number of unbranched alkanes of at least 4 members (excludes halogenated alkanes) is 1. The lowest BCUT2D eigenvalue weighted by molar-refractivity contribution is 0.0632. The molecule has 0 radical (unpaired) electrons. The van der Waals surface area contributed by atoms with E-state index in [2.05, 4.69) is 6.92 Å². The van der Waals surface area contributed by atoms with Crippen LogP contribution in [0.3, 0.4) is 0 Å². The van der Waals surface area contributed by atoms with Crippen molar-refractivity contribution in [2.24, 2.45) is 5.73 Å². The highest BCUT2D eigenvalue weighted by atomic mass is 16.5. The van der Waals surface area contributed by atoms with Gasteiger partial charge >= 0.3 is 0 Å². The maximum Gasteiger partial charge on any atom is 0.125 e. The Bertz CT molecular complexity index is 323. The van der Waals surface area contributed by atoms with Gasteiger partial charge in [0.1, 0.15) is 11.4 Å². The molecule has 3 heteroatoms. The summed E-state index contributed by atoms with van der Waals surface area (Å²) in [5.74, 6) is 0.728. The predicted molar refractivity (Wildman–Crippen MR) is 65.5 cm³/mol. The molecule has 0 bridgehead atoms. The first-order valence-electron chi connectivity index (χ1n) is 5.76. The summed E-state index contributed by atoms with van der Waals surface area (Å²) in [5.41, 5.74) is 5.29. The molecule has 0 aliphatic carbocycles. The number of hydrogen-bond donors (Lipinski definition) is 2. The smallest absolute Gasteiger partial charge is 0.125 e. The Morgan fingerprint density at radius 2 is 2.06 bits per heavy atom. The minimum atomic E-state index is -1.02. The Balaban J connectivity index is 2.83. The van der Waals surface area contributed by atoms with E-state index in [0.29, 0.717) is 6.61 Å². The molecule has 0 fully saturated rings. The van der Waals surface area contributed by atoms with Crippen molar-refractivity contribution < 1.29 is 9.84 Å². The van der Waals surface area contributed by atoms with E-state index in [1.807, 2.05) is 24.3 Å². The summed E-state index contributed by atoms with van der Waals surface area (Å²) in [6, 6.07) is 7.51. The quantitative estimate of drug-likeness (QED) is 0.725. The molecule has 0 saturated carbocycles. The molecule has 3 N–H and O–H groups in total. The minimum absolute atomic E-state index is 0.182. The molecule has 1 rings (SSSR count). The first-order chi connectivity index (χ1) is 7.61. The van der Waals surface area contributed by atoms with Gasteiger partial charge < -0.3 is 15.6 Å². The third-order valence-electron chi connectivity index (χ3n) is 2.62. The van der Waals surface area contributed by atoms with Crippen LogP contribution in [0.1, 0.15) is 32.3 Å². The number of ether oxygens (including phenoxy) is 1. The summed E-state index contributed by atoms with van der Waals surface area (Å²) in [6.45, 7) is 4.68. The van der Waals surface area contributed by atoms with E-state index in [1.165, 1.54) is 0 Å². The third-order valence-corrected chi connectivity index (χ3v) is 2.62. The fourth-order valence-electron chi connectivity index (χ4n) is 1.47. The van der Waals surface area contributed by atoms with E-state index in [9.17, 15) is 5.11 Å². The van der Waals surface area contributed by atoms with Crippen molar-refractivity contribution in [2.45, 2.75) is 32.3 Å². The number of para-hydroxylation sites is 1. The predicted octanol–water partition coefficient (Wildman–Crippen LogP) is 2.03. The molecule has 0 amide bonds. The second-order valence-electron chi connectivity index (χ2n) is 4.18. The number of benzene rings is 1. The zero-order valence-corrected chi connectivity index (χ0v) is 10.1. The molecule has 16 heavy (non-hydrogen) atoms. The fraction of sp³-hybridized carbons (Fsp3) is 0.538. The van der Waals surface area contributed by atoms with Gasteiger partial charge in [0.2, 0.25) is 0 Å². The van der Waals surface area contributed by atoms with Crippen molar-refractivity contribution in [3.05, 3.63) is 29.8 Å². The van der Waals surface area contributed by atoms with Gasteiger partial charge in [-0.25, -0.2) is 0 Å². The summed E-state index contributed by atoms with van der Waals surface area (Å²) in [5, 5.41) is 10.1. The Morgan fingerprint density at radius 3 is 2.69 bits per heavy atom. The van der Waals surface area contributed by atoms with Gasteiger partial charge in [-0.1, -0.05) is 31.5 Å². The van der Waals surface area contributed by atoms with E-state index >= 15 is 0 Å². The topological polar surface area (TPSA) is 55.5 Å². The highest BCUT2D eigenvalue weighted by Crippen LogP contribution is 2.29. The van der Waals surface area contributed by atoms with Crippen LogP contribution in [0.4, 0.5) is 0 Å². The van der Waals surface area contributed by atoms with Crippen LogP contribution in [-0.2, 0) is 5.60 Å². The van der Waals surface area contributed by atoms with Crippen LogP contribution in [0.15, 0.2) is 24.3 Å². The zero-order chi connectivity index (χ0) is 12.0. The molecule has 0 aromatic heterocycles. The van der Waals surface area contributed by atoms with Crippen LogP contribution in [0.2, 0.25) is 0 Å².